The topological polar surface area (TPSA) is 78.0 Å². The summed E-state index contributed by atoms with van der Waals surface area (Å²) in [5, 5.41) is 2.54. The van der Waals surface area contributed by atoms with E-state index in [1.54, 1.807) is 6.20 Å². The Morgan fingerprint density at radius 3 is 2.92 bits per heavy atom. The summed E-state index contributed by atoms with van der Waals surface area (Å²) in [7, 11) is 4.02. The maximum Gasteiger partial charge on any atom is 0.324 e. The number of pyridine rings is 1. The van der Waals surface area contributed by atoms with Gasteiger partial charge in [-0.3, -0.25) is 19.6 Å². The Kier molecular flexibility index (Phi) is 5.50. The Hall–Kier alpha value is -2.19. The largest absolute Gasteiger partial charge is 0.489 e. The number of urea groups is 1. The number of likely N-dealkylation sites (tertiary alicyclic amines) is 1. The summed E-state index contributed by atoms with van der Waals surface area (Å²) < 4.78 is 6.08. The number of carbonyl (C=O) groups is 2. The van der Waals surface area contributed by atoms with Crippen molar-refractivity contribution in [1.82, 2.24) is 25.0 Å². The van der Waals surface area contributed by atoms with Crippen LogP contribution in [0.5, 0.6) is 5.75 Å². The lowest BCUT2D eigenvalue weighted by molar-refractivity contribution is -0.125. The minimum absolute atomic E-state index is 0.113. The van der Waals surface area contributed by atoms with Crippen molar-refractivity contribution < 1.29 is 14.3 Å². The summed E-state index contributed by atoms with van der Waals surface area (Å²) in [5.74, 6) is 0.690. The molecule has 3 rings (SSSR count). The molecule has 1 N–H and O–H groups in total. The quantitative estimate of drug-likeness (QED) is 0.708. The van der Waals surface area contributed by atoms with Gasteiger partial charge in [-0.1, -0.05) is 0 Å². The number of rotatable bonds is 7. The van der Waals surface area contributed by atoms with Crippen molar-refractivity contribution in [1.29, 1.82) is 0 Å². The van der Waals surface area contributed by atoms with Gasteiger partial charge in [0, 0.05) is 45.0 Å². The summed E-state index contributed by atoms with van der Waals surface area (Å²) in [6.07, 6.45) is 2.84. The van der Waals surface area contributed by atoms with Gasteiger partial charge < -0.3 is 15.0 Å². The van der Waals surface area contributed by atoms with Crippen molar-refractivity contribution in [3.05, 3.63) is 24.0 Å². The van der Waals surface area contributed by atoms with E-state index in [-0.39, 0.29) is 24.6 Å². The molecular weight excluding hydrogens is 322 g/mol. The molecule has 2 aliphatic rings. The average Bonchev–Trinajstić information content (AvgIpc) is 3.12. The van der Waals surface area contributed by atoms with E-state index in [0.717, 1.165) is 37.5 Å². The first-order valence-corrected chi connectivity index (χ1v) is 8.58. The van der Waals surface area contributed by atoms with Crippen LogP contribution in [0.1, 0.15) is 12.1 Å². The number of amides is 3. The lowest BCUT2D eigenvalue weighted by Gasteiger charge is -2.20. The number of carbonyl (C=O) groups excluding carboxylic acids is 2. The van der Waals surface area contributed by atoms with Crippen LogP contribution in [0.15, 0.2) is 18.3 Å². The molecule has 136 valence electrons. The van der Waals surface area contributed by atoms with Gasteiger partial charge in [0.1, 0.15) is 11.9 Å². The fourth-order valence-electron chi connectivity index (χ4n) is 3.15. The van der Waals surface area contributed by atoms with E-state index in [2.05, 4.69) is 20.1 Å². The fourth-order valence-corrected chi connectivity index (χ4v) is 3.15. The number of hydrogen-bond donors (Lipinski definition) is 1. The average molecular weight is 347 g/mol. The van der Waals surface area contributed by atoms with Crippen LogP contribution in [0, 0.1) is 0 Å². The van der Waals surface area contributed by atoms with Crippen LogP contribution in [0.4, 0.5) is 4.79 Å². The summed E-state index contributed by atoms with van der Waals surface area (Å²) in [6.45, 7) is 3.71. The summed E-state index contributed by atoms with van der Waals surface area (Å²) in [6, 6.07) is 3.58. The number of hydrogen-bond acceptors (Lipinski definition) is 6. The van der Waals surface area contributed by atoms with E-state index in [1.807, 2.05) is 26.2 Å². The molecule has 0 aromatic carbocycles. The van der Waals surface area contributed by atoms with Crippen molar-refractivity contribution in [2.45, 2.75) is 19.1 Å². The van der Waals surface area contributed by atoms with Crippen LogP contribution in [-0.4, -0.2) is 84.5 Å². The number of imide groups is 1. The fraction of sp³-hybridized carbons (Fsp3) is 0.588. The van der Waals surface area contributed by atoms with Gasteiger partial charge in [-0.25, -0.2) is 4.79 Å². The molecule has 8 heteroatoms. The molecule has 0 bridgehead atoms. The molecule has 8 nitrogen and oxygen atoms in total. The highest BCUT2D eigenvalue weighted by Gasteiger charge is 2.30. The van der Waals surface area contributed by atoms with Crippen molar-refractivity contribution in [2.24, 2.45) is 0 Å². The standard InChI is InChI=1S/C17H25N5O3/c1-20(2)11-13-9-14(3-5-18-13)25-15-4-6-21(12-15)7-8-22-16(23)10-19-17(22)24/h3,5,9,15H,4,6-8,10-12H2,1-2H3,(H,19,24). The zero-order valence-electron chi connectivity index (χ0n) is 14.8. The molecular formula is C17H25N5O3. The molecule has 3 heterocycles. The second-order valence-corrected chi connectivity index (χ2v) is 6.75. The van der Waals surface area contributed by atoms with Crippen LogP contribution in [0.2, 0.25) is 0 Å². The highest BCUT2D eigenvalue weighted by molar-refractivity contribution is 6.01. The Bertz CT molecular complexity index is 620. The predicted octanol–water partition coefficient (Wildman–Crippen LogP) is 0.148. The van der Waals surface area contributed by atoms with Crippen LogP contribution in [0.3, 0.4) is 0 Å². The molecule has 2 saturated heterocycles. The number of aromatic nitrogens is 1. The molecule has 1 unspecified atom stereocenters. The number of ether oxygens (including phenoxy) is 1. The van der Waals surface area contributed by atoms with Gasteiger partial charge in [0.25, 0.3) is 0 Å². The molecule has 0 aliphatic carbocycles. The molecule has 1 aromatic rings. The Labute approximate surface area is 147 Å². The minimum Gasteiger partial charge on any atom is -0.489 e. The molecule has 0 radical (unpaired) electrons. The van der Waals surface area contributed by atoms with Gasteiger partial charge in [-0.15, -0.1) is 0 Å². The van der Waals surface area contributed by atoms with Crippen molar-refractivity contribution >= 4 is 11.9 Å². The number of nitrogens with one attached hydrogen (secondary N) is 1. The van der Waals surface area contributed by atoms with E-state index in [0.29, 0.717) is 13.1 Å². The number of nitrogens with zero attached hydrogens (tertiary/aromatic N) is 4. The molecule has 1 aromatic heterocycles. The zero-order valence-corrected chi connectivity index (χ0v) is 14.8. The molecule has 2 fully saturated rings. The second-order valence-electron chi connectivity index (χ2n) is 6.75. The molecule has 0 saturated carbocycles. The third-order valence-corrected chi connectivity index (χ3v) is 4.38. The maximum absolute atomic E-state index is 11.6. The van der Waals surface area contributed by atoms with E-state index >= 15 is 0 Å². The molecule has 25 heavy (non-hydrogen) atoms. The van der Waals surface area contributed by atoms with Crippen LogP contribution in [0.25, 0.3) is 0 Å². The van der Waals surface area contributed by atoms with Gasteiger partial charge in [0.2, 0.25) is 5.91 Å². The third kappa shape index (κ3) is 4.67. The van der Waals surface area contributed by atoms with Crippen molar-refractivity contribution in [3.8, 4) is 5.75 Å². The predicted molar refractivity (Wildman–Crippen MR) is 92.2 cm³/mol. The monoisotopic (exact) mass is 347 g/mol. The maximum atomic E-state index is 11.6. The van der Waals surface area contributed by atoms with Crippen molar-refractivity contribution in [3.63, 3.8) is 0 Å². The van der Waals surface area contributed by atoms with Gasteiger partial charge >= 0.3 is 6.03 Å². The van der Waals surface area contributed by atoms with Crippen LogP contribution >= 0.6 is 0 Å². The minimum atomic E-state index is -0.290. The first kappa shape index (κ1) is 17.6. The van der Waals surface area contributed by atoms with Crippen LogP contribution in [-0.2, 0) is 11.3 Å². The molecule has 1 atom stereocenters. The van der Waals surface area contributed by atoms with Gasteiger partial charge in [-0.2, -0.15) is 0 Å². The molecule has 0 spiro atoms. The smallest absolute Gasteiger partial charge is 0.324 e. The summed E-state index contributed by atoms with van der Waals surface area (Å²) in [5.41, 5.74) is 0.982. The van der Waals surface area contributed by atoms with E-state index in [4.69, 9.17) is 4.74 Å². The summed E-state index contributed by atoms with van der Waals surface area (Å²) >= 11 is 0. The highest BCUT2D eigenvalue weighted by Crippen LogP contribution is 2.19. The Morgan fingerprint density at radius 1 is 1.36 bits per heavy atom. The highest BCUT2D eigenvalue weighted by atomic mass is 16.5. The van der Waals surface area contributed by atoms with E-state index in [9.17, 15) is 9.59 Å². The van der Waals surface area contributed by atoms with Gasteiger partial charge in [0.05, 0.1) is 12.2 Å². The Balaban J connectivity index is 1.46. The Morgan fingerprint density at radius 2 is 2.20 bits per heavy atom. The van der Waals surface area contributed by atoms with E-state index in [1.165, 1.54) is 4.90 Å². The first-order valence-electron chi connectivity index (χ1n) is 8.58. The molecule has 3 amide bonds. The SMILES string of the molecule is CN(C)Cc1cc(OC2CCN(CCN3C(=O)CNC3=O)C2)ccn1. The van der Waals surface area contributed by atoms with Crippen molar-refractivity contribution in [2.75, 3.05) is 46.8 Å². The first-order chi connectivity index (χ1) is 12.0. The van der Waals surface area contributed by atoms with E-state index < -0.39 is 0 Å². The van der Waals surface area contributed by atoms with Crippen LogP contribution < -0.4 is 10.1 Å². The molecule has 2 aliphatic heterocycles. The third-order valence-electron chi connectivity index (χ3n) is 4.38. The lowest BCUT2D eigenvalue weighted by atomic mass is 10.3. The zero-order chi connectivity index (χ0) is 17.8. The second kappa shape index (κ2) is 7.79. The van der Waals surface area contributed by atoms with Gasteiger partial charge in [0.15, 0.2) is 0 Å². The summed E-state index contributed by atoms with van der Waals surface area (Å²) in [4.78, 5) is 33.1. The lowest BCUT2D eigenvalue weighted by Crippen LogP contribution is -2.38. The normalized spacial score (nSPS) is 21.2. The van der Waals surface area contributed by atoms with Gasteiger partial charge in [-0.05, 0) is 26.6 Å².